The fourth-order valence-electron chi connectivity index (χ4n) is 8.15. The van der Waals surface area contributed by atoms with E-state index in [4.69, 9.17) is 4.42 Å². The van der Waals surface area contributed by atoms with Crippen LogP contribution in [-0.2, 0) is 10.0 Å². The van der Waals surface area contributed by atoms with Crippen LogP contribution in [0.3, 0.4) is 0 Å². The van der Waals surface area contributed by atoms with Gasteiger partial charge in [0.05, 0.1) is 16.7 Å². The van der Waals surface area contributed by atoms with Crippen LogP contribution in [-0.4, -0.2) is 50.4 Å². The third-order valence-electron chi connectivity index (χ3n) is 11.3. The van der Waals surface area contributed by atoms with Gasteiger partial charge in [0.1, 0.15) is 11.3 Å². The summed E-state index contributed by atoms with van der Waals surface area (Å²) in [7, 11) is -3.83. The summed E-state index contributed by atoms with van der Waals surface area (Å²) in [4.78, 5) is 5.11. The predicted octanol–water partition coefficient (Wildman–Crippen LogP) is 12.7. The zero-order valence-electron chi connectivity index (χ0n) is 35.7. The Labute approximate surface area is 375 Å². The van der Waals surface area contributed by atoms with Crippen LogP contribution < -0.4 is 14.8 Å². The first-order valence-electron chi connectivity index (χ1n) is 21.2. The minimum absolute atomic E-state index is 0.282. The second-order valence-electron chi connectivity index (χ2n) is 15.1. The van der Waals surface area contributed by atoms with Crippen LogP contribution in [0.25, 0.3) is 33.4 Å². The maximum absolute atomic E-state index is 14.4. The van der Waals surface area contributed by atoms with Crippen molar-refractivity contribution in [2.24, 2.45) is 0 Å². The number of sulfonamides is 1. The standard InChI is InChI=1S/C53H52N3O3S3/c1-5-54(6-2)62(57,58)52-28-18-15-25-47(52)53-45-31-29-41(55(48-26-16-13-19-39(48)3)33-35-60-43-21-9-7-10-22-43)37-50(45)59-51-38-42(30-32-46(51)53)56(49-27-17-14-20-40(49)4)34-36-61-44-23-11-8-12-24-44/h7-32,37-38H,5-6,33-36H2,1-4H3/q+1. The van der Waals surface area contributed by atoms with Gasteiger partial charge in [0, 0.05) is 92.4 Å². The monoisotopic (exact) mass is 874 g/mol. The molecular weight excluding hydrogens is 823 g/mol. The van der Waals surface area contributed by atoms with Crippen molar-refractivity contribution in [3.8, 4) is 22.5 Å². The van der Waals surface area contributed by atoms with Crippen molar-refractivity contribution in [3.63, 3.8) is 0 Å². The number of nitrogens with zero attached hydrogens (tertiary/aromatic N) is 3. The van der Waals surface area contributed by atoms with Gasteiger partial charge in [-0.15, -0.1) is 23.5 Å². The van der Waals surface area contributed by atoms with Crippen molar-refractivity contribution in [1.82, 2.24) is 8.88 Å². The number of rotatable bonds is 16. The average molecular weight is 875 g/mol. The molecule has 0 saturated carbocycles. The maximum atomic E-state index is 14.4. The van der Waals surface area contributed by atoms with E-state index in [1.807, 2.05) is 67.7 Å². The molecule has 0 amide bonds. The molecule has 314 valence electrons. The van der Waals surface area contributed by atoms with Gasteiger partial charge in [-0.05, 0) is 74.0 Å². The first kappa shape index (κ1) is 43.1. The fraction of sp³-hybridized carbons (Fsp3) is 0.189. The molecule has 0 aromatic heterocycles. The molecule has 0 fully saturated rings. The van der Waals surface area contributed by atoms with E-state index in [2.05, 4.69) is 157 Å². The van der Waals surface area contributed by atoms with E-state index in [0.29, 0.717) is 30.0 Å². The maximum Gasteiger partial charge on any atom is 0.243 e. The summed E-state index contributed by atoms with van der Waals surface area (Å²) < 4.78 is 39.8. The quantitative estimate of drug-likeness (QED) is 0.0548. The second-order valence-corrected chi connectivity index (χ2v) is 19.4. The highest BCUT2D eigenvalue weighted by Gasteiger charge is 2.29. The second kappa shape index (κ2) is 19.6. The van der Waals surface area contributed by atoms with E-state index >= 15 is 0 Å². The third kappa shape index (κ3) is 9.27. The molecule has 1 aliphatic carbocycles. The summed E-state index contributed by atoms with van der Waals surface area (Å²) in [6, 6.07) is 58.2. The number of para-hydroxylation sites is 2. The van der Waals surface area contributed by atoms with Crippen molar-refractivity contribution in [2.75, 3.05) is 42.6 Å². The Bertz CT molecular complexity index is 2950. The van der Waals surface area contributed by atoms with Crippen molar-refractivity contribution in [3.05, 3.63) is 186 Å². The Morgan fingerprint density at radius 2 is 1.24 bits per heavy atom. The van der Waals surface area contributed by atoms with E-state index < -0.39 is 10.0 Å². The highest BCUT2D eigenvalue weighted by atomic mass is 32.2. The number of benzene rings is 7. The number of aryl methyl sites for hydroxylation is 2. The molecule has 1 heterocycles. The van der Waals surface area contributed by atoms with Gasteiger partial charge >= 0.3 is 0 Å². The number of thioether (sulfide) groups is 2. The van der Waals surface area contributed by atoms with Gasteiger partial charge in [0.25, 0.3) is 0 Å². The van der Waals surface area contributed by atoms with Crippen molar-refractivity contribution in [2.45, 2.75) is 42.4 Å². The Morgan fingerprint density at radius 1 is 0.613 bits per heavy atom. The molecule has 0 saturated heterocycles. The summed E-state index contributed by atoms with van der Waals surface area (Å²) in [6.45, 7) is 10.3. The van der Waals surface area contributed by atoms with Crippen LogP contribution in [0.2, 0.25) is 0 Å². The van der Waals surface area contributed by atoms with Crippen LogP contribution in [0.5, 0.6) is 0 Å². The lowest BCUT2D eigenvalue weighted by Gasteiger charge is -2.27. The van der Waals surface area contributed by atoms with Gasteiger partial charge in [-0.2, -0.15) is 8.88 Å². The van der Waals surface area contributed by atoms with Crippen LogP contribution in [0.1, 0.15) is 25.0 Å². The molecule has 6 aromatic rings. The van der Waals surface area contributed by atoms with Gasteiger partial charge in [-0.3, -0.25) is 0 Å². The van der Waals surface area contributed by atoms with Gasteiger partial charge in [0.15, 0.2) is 6.54 Å². The highest BCUT2D eigenvalue weighted by Crippen LogP contribution is 2.44. The molecule has 0 bridgehead atoms. The zero-order valence-corrected chi connectivity index (χ0v) is 38.1. The lowest BCUT2D eigenvalue weighted by atomic mass is 9.93. The highest BCUT2D eigenvalue weighted by molar-refractivity contribution is 7.99. The summed E-state index contributed by atoms with van der Waals surface area (Å²) in [5.74, 6) is 2.41. The summed E-state index contributed by atoms with van der Waals surface area (Å²) in [5, 5.41) is 1.84. The van der Waals surface area contributed by atoms with Gasteiger partial charge in [-0.25, -0.2) is 8.42 Å². The van der Waals surface area contributed by atoms with Crippen molar-refractivity contribution >= 4 is 61.6 Å². The number of anilines is 2. The average Bonchev–Trinajstić information content (AvgIpc) is 3.30. The van der Waals surface area contributed by atoms with Crippen LogP contribution >= 0.6 is 23.5 Å². The Hall–Kier alpha value is -5.58. The molecule has 6 nitrogen and oxygen atoms in total. The van der Waals surface area contributed by atoms with Crippen LogP contribution in [0.4, 0.5) is 17.1 Å². The van der Waals surface area contributed by atoms with E-state index in [-0.39, 0.29) is 4.90 Å². The van der Waals surface area contributed by atoms with Crippen LogP contribution in [0.15, 0.2) is 189 Å². The molecule has 0 spiro atoms. The largest absolute Gasteiger partial charge is 0.456 e. The Morgan fingerprint density at radius 3 is 1.94 bits per heavy atom. The lowest BCUT2D eigenvalue weighted by Crippen LogP contribution is -2.31. The van der Waals surface area contributed by atoms with Gasteiger partial charge in [-0.1, -0.05) is 105 Å². The molecular formula is C53H52N3O3S3+. The summed E-state index contributed by atoms with van der Waals surface area (Å²) in [5.41, 5.74) is 8.59. The minimum atomic E-state index is -3.83. The van der Waals surface area contributed by atoms with Crippen molar-refractivity contribution in [1.29, 1.82) is 0 Å². The molecule has 62 heavy (non-hydrogen) atoms. The smallest absolute Gasteiger partial charge is 0.243 e. The first-order valence-corrected chi connectivity index (χ1v) is 24.6. The molecule has 6 aromatic carbocycles. The van der Waals surface area contributed by atoms with Crippen LogP contribution in [0, 0.1) is 13.8 Å². The SMILES string of the molecule is CCN(CC)S(=O)(=O)c1ccccc1-c1c2ccc(=[N+](CCSc3ccccc3)c3ccccc3C)cc-2oc2cc(N(CCSc3ccccc3)c3ccccc3C)ccc12. The molecule has 2 aliphatic rings. The number of hydrogen-bond donors (Lipinski definition) is 0. The molecule has 0 atom stereocenters. The first-order chi connectivity index (χ1) is 30.3. The Balaban J connectivity index is 1.35. The fourth-order valence-corrected chi connectivity index (χ4v) is 11.5. The molecule has 0 N–H and O–H groups in total. The third-order valence-corrected chi connectivity index (χ3v) is 15.4. The molecule has 0 unspecified atom stereocenters. The van der Waals surface area contributed by atoms with E-state index in [9.17, 15) is 8.42 Å². The van der Waals surface area contributed by atoms with Gasteiger partial charge in [0.2, 0.25) is 21.1 Å². The van der Waals surface area contributed by atoms with E-state index in [1.54, 1.807) is 6.07 Å². The van der Waals surface area contributed by atoms with Crippen molar-refractivity contribution < 1.29 is 12.8 Å². The minimum Gasteiger partial charge on any atom is -0.456 e. The molecule has 0 radical (unpaired) electrons. The zero-order chi connectivity index (χ0) is 43.1. The lowest BCUT2D eigenvalue weighted by molar-refractivity contribution is 0.445. The molecule has 8 rings (SSSR count). The molecule has 9 heteroatoms. The van der Waals surface area contributed by atoms with E-state index in [1.165, 1.54) is 25.2 Å². The summed E-state index contributed by atoms with van der Waals surface area (Å²) in [6.07, 6.45) is 0. The van der Waals surface area contributed by atoms with E-state index in [0.717, 1.165) is 63.5 Å². The number of fused-ring (bicyclic) bond motifs is 2. The van der Waals surface area contributed by atoms with Gasteiger partial charge < -0.3 is 9.32 Å². The normalized spacial score (nSPS) is 12.3. The topological polar surface area (TPSA) is 56.8 Å². The molecule has 1 aliphatic heterocycles. The number of hydrogen-bond acceptors (Lipinski definition) is 6. The predicted molar refractivity (Wildman–Crippen MR) is 262 cm³/mol. The summed E-state index contributed by atoms with van der Waals surface area (Å²) >= 11 is 3.67. The Kier molecular flexibility index (Phi) is 13.6.